The summed E-state index contributed by atoms with van der Waals surface area (Å²) in [5, 5.41) is 2.88. The van der Waals surface area contributed by atoms with Gasteiger partial charge in [0.05, 0.1) is 5.69 Å². The third kappa shape index (κ3) is 3.67. The monoisotopic (exact) mass is 283 g/mol. The van der Waals surface area contributed by atoms with Gasteiger partial charge in [-0.25, -0.2) is 13.1 Å². The van der Waals surface area contributed by atoms with E-state index in [-0.39, 0.29) is 4.90 Å². The Bertz CT molecular complexity index is 510. The molecule has 2 rings (SSSR count). The van der Waals surface area contributed by atoms with Crippen LogP contribution in [0.25, 0.3) is 0 Å². The van der Waals surface area contributed by atoms with Gasteiger partial charge in [-0.2, -0.15) is 0 Å². The molecule has 0 unspecified atom stereocenters. The van der Waals surface area contributed by atoms with Gasteiger partial charge >= 0.3 is 0 Å². The Morgan fingerprint density at radius 2 is 2.05 bits per heavy atom. The third-order valence-corrected chi connectivity index (χ3v) is 5.08. The van der Waals surface area contributed by atoms with Crippen LogP contribution in [0.1, 0.15) is 32.1 Å². The molecule has 2 N–H and O–H groups in total. The lowest BCUT2D eigenvalue weighted by atomic mass is 9.90. The van der Waals surface area contributed by atoms with E-state index in [4.69, 9.17) is 0 Å². The van der Waals surface area contributed by atoms with Gasteiger partial charge in [-0.3, -0.25) is 4.98 Å². The molecule has 1 fully saturated rings. The van der Waals surface area contributed by atoms with Crippen LogP contribution in [0.2, 0.25) is 0 Å². The summed E-state index contributed by atoms with van der Waals surface area (Å²) in [6.07, 6.45) is 8.89. The highest BCUT2D eigenvalue weighted by molar-refractivity contribution is 7.89. The Balaban J connectivity index is 2.05. The van der Waals surface area contributed by atoms with E-state index < -0.39 is 10.0 Å². The highest BCUT2D eigenvalue weighted by atomic mass is 32.2. The zero-order valence-corrected chi connectivity index (χ0v) is 12.0. The normalized spacial score (nSPS) is 17.3. The van der Waals surface area contributed by atoms with Crippen LogP contribution in [0.15, 0.2) is 23.4 Å². The minimum Gasteiger partial charge on any atom is -0.387 e. The molecule has 1 aromatic rings. The van der Waals surface area contributed by atoms with Crippen molar-refractivity contribution in [2.45, 2.75) is 37.0 Å². The second-order valence-electron chi connectivity index (χ2n) is 4.98. The number of rotatable bonds is 5. The number of aromatic nitrogens is 1. The van der Waals surface area contributed by atoms with Crippen LogP contribution in [-0.4, -0.2) is 27.0 Å². The molecule has 106 valence electrons. The number of sulfonamides is 1. The molecule has 0 atom stereocenters. The highest BCUT2D eigenvalue weighted by Crippen LogP contribution is 2.24. The number of hydrogen-bond acceptors (Lipinski definition) is 4. The first kappa shape index (κ1) is 14.3. The fourth-order valence-electron chi connectivity index (χ4n) is 2.50. The lowest BCUT2D eigenvalue weighted by Crippen LogP contribution is -2.30. The minimum atomic E-state index is -3.48. The zero-order chi connectivity index (χ0) is 13.7. The maximum Gasteiger partial charge on any atom is 0.244 e. The molecule has 0 aliphatic heterocycles. The summed E-state index contributed by atoms with van der Waals surface area (Å²) in [6.45, 7) is 0.528. The maximum atomic E-state index is 12.3. The highest BCUT2D eigenvalue weighted by Gasteiger charge is 2.21. The van der Waals surface area contributed by atoms with Crippen LogP contribution < -0.4 is 10.0 Å². The molecule has 1 aliphatic rings. The number of anilines is 1. The largest absolute Gasteiger partial charge is 0.387 e. The Kier molecular flexibility index (Phi) is 4.76. The molecule has 1 saturated carbocycles. The molecule has 0 amide bonds. The Morgan fingerprint density at radius 3 is 2.74 bits per heavy atom. The number of nitrogens with one attached hydrogen (secondary N) is 2. The van der Waals surface area contributed by atoms with Gasteiger partial charge in [0.25, 0.3) is 0 Å². The van der Waals surface area contributed by atoms with Gasteiger partial charge in [0.15, 0.2) is 0 Å². The quantitative estimate of drug-likeness (QED) is 0.867. The van der Waals surface area contributed by atoms with Gasteiger partial charge in [0, 0.05) is 26.0 Å². The predicted octanol–water partition coefficient (Wildman–Crippen LogP) is 1.98. The van der Waals surface area contributed by atoms with Crippen molar-refractivity contribution in [3.05, 3.63) is 18.5 Å². The second-order valence-corrected chi connectivity index (χ2v) is 6.71. The average Bonchev–Trinajstić information content (AvgIpc) is 2.46. The summed E-state index contributed by atoms with van der Waals surface area (Å²) in [5.74, 6) is 0.471. The van der Waals surface area contributed by atoms with E-state index in [2.05, 4.69) is 15.0 Å². The van der Waals surface area contributed by atoms with E-state index in [1.807, 2.05) is 0 Å². The van der Waals surface area contributed by atoms with Gasteiger partial charge in [-0.05, 0) is 24.8 Å². The molecule has 5 nitrogen and oxygen atoms in total. The molecule has 6 heteroatoms. The van der Waals surface area contributed by atoms with Crippen molar-refractivity contribution in [2.75, 3.05) is 18.9 Å². The molecule has 0 bridgehead atoms. The summed E-state index contributed by atoms with van der Waals surface area (Å²) in [6, 6.07) is 1.66. The molecule has 1 aromatic heterocycles. The summed E-state index contributed by atoms with van der Waals surface area (Å²) in [5.41, 5.74) is 0.575. The third-order valence-electron chi connectivity index (χ3n) is 3.63. The van der Waals surface area contributed by atoms with Crippen molar-refractivity contribution < 1.29 is 8.42 Å². The SMILES string of the molecule is CNc1ccncc1S(=O)(=O)NCC1CCCCC1. The fourth-order valence-corrected chi connectivity index (χ4v) is 3.77. The molecule has 19 heavy (non-hydrogen) atoms. The van der Waals surface area contributed by atoms with Crippen LogP contribution in [-0.2, 0) is 10.0 Å². The summed E-state index contributed by atoms with van der Waals surface area (Å²) >= 11 is 0. The van der Waals surface area contributed by atoms with Crippen LogP contribution in [0.5, 0.6) is 0 Å². The topological polar surface area (TPSA) is 71.1 Å². The van der Waals surface area contributed by atoms with Crippen LogP contribution in [0.4, 0.5) is 5.69 Å². The smallest absolute Gasteiger partial charge is 0.244 e. The zero-order valence-electron chi connectivity index (χ0n) is 11.2. The molecule has 0 aromatic carbocycles. The van der Waals surface area contributed by atoms with Crippen molar-refractivity contribution in [1.29, 1.82) is 0 Å². The maximum absolute atomic E-state index is 12.3. The first-order chi connectivity index (χ1) is 9.13. The summed E-state index contributed by atoms with van der Waals surface area (Å²) in [7, 11) is -1.77. The molecule has 1 aliphatic carbocycles. The molecule has 0 spiro atoms. The van der Waals surface area contributed by atoms with Crippen LogP contribution in [0, 0.1) is 5.92 Å². The van der Waals surface area contributed by atoms with Crippen molar-refractivity contribution in [3.63, 3.8) is 0 Å². The summed E-state index contributed by atoms with van der Waals surface area (Å²) < 4.78 is 27.2. The van der Waals surface area contributed by atoms with Gasteiger partial charge in [-0.15, -0.1) is 0 Å². The van der Waals surface area contributed by atoms with Gasteiger partial charge < -0.3 is 5.32 Å². The minimum absolute atomic E-state index is 0.216. The van der Waals surface area contributed by atoms with Crippen molar-refractivity contribution in [2.24, 2.45) is 5.92 Å². The van der Waals surface area contributed by atoms with Crippen molar-refractivity contribution in [1.82, 2.24) is 9.71 Å². The lowest BCUT2D eigenvalue weighted by Gasteiger charge is -2.21. The van der Waals surface area contributed by atoms with Gasteiger partial charge in [-0.1, -0.05) is 19.3 Å². The van der Waals surface area contributed by atoms with E-state index in [0.717, 1.165) is 12.8 Å². The van der Waals surface area contributed by atoms with Crippen LogP contribution in [0.3, 0.4) is 0 Å². The van der Waals surface area contributed by atoms with Crippen molar-refractivity contribution in [3.8, 4) is 0 Å². The van der Waals surface area contributed by atoms with Crippen LogP contribution >= 0.6 is 0 Å². The molecular formula is C13H21N3O2S. The standard InChI is InChI=1S/C13H21N3O2S/c1-14-12-7-8-15-10-13(12)19(17,18)16-9-11-5-3-2-4-6-11/h7-8,10-11,16H,2-6,9H2,1H3,(H,14,15). The molecule has 0 radical (unpaired) electrons. The van der Waals surface area contributed by atoms with E-state index in [9.17, 15) is 8.42 Å². The second kappa shape index (κ2) is 6.34. The number of pyridine rings is 1. The molecule has 0 saturated heterocycles. The van der Waals surface area contributed by atoms with Gasteiger partial charge in [0.2, 0.25) is 10.0 Å². The Hall–Kier alpha value is -1.14. The fraction of sp³-hybridized carbons (Fsp3) is 0.615. The predicted molar refractivity (Wildman–Crippen MR) is 75.5 cm³/mol. The first-order valence-electron chi connectivity index (χ1n) is 6.75. The van der Waals surface area contributed by atoms with E-state index in [0.29, 0.717) is 18.2 Å². The Morgan fingerprint density at radius 1 is 1.32 bits per heavy atom. The number of nitrogens with zero attached hydrogens (tertiary/aromatic N) is 1. The number of hydrogen-bond donors (Lipinski definition) is 2. The lowest BCUT2D eigenvalue weighted by molar-refractivity contribution is 0.357. The summed E-state index contributed by atoms with van der Waals surface area (Å²) in [4.78, 5) is 4.11. The van der Waals surface area contributed by atoms with Crippen molar-refractivity contribution >= 4 is 15.7 Å². The Labute approximate surface area is 114 Å². The molecule has 1 heterocycles. The van der Waals surface area contributed by atoms with E-state index in [1.165, 1.54) is 25.5 Å². The average molecular weight is 283 g/mol. The molecular weight excluding hydrogens is 262 g/mol. The van der Waals surface area contributed by atoms with E-state index >= 15 is 0 Å². The van der Waals surface area contributed by atoms with Gasteiger partial charge in [0.1, 0.15) is 4.90 Å². The first-order valence-corrected chi connectivity index (χ1v) is 8.23. The van der Waals surface area contributed by atoms with E-state index in [1.54, 1.807) is 19.3 Å².